The summed E-state index contributed by atoms with van der Waals surface area (Å²) in [7, 11) is 0. The van der Waals surface area contributed by atoms with Crippen LogP contribution in [0.5, 0.6) is 0 Å². The fourth-order valence-corrected chi connectivity index (χ4v) is 0. The molecule has 0 amide bonds. The SMILES string of the molecule is OC[S-].[Na+]. The van der Waals surface area contributed by atoms with Crippen LogP contribution < -0.4 is 29.6 Å². The Balaban J connectivity index is 0. The molecule has 0 bridgehead atoms. The summed E-state index contributed by atoms with van der Waals surface area (Å²) in [5.41, 5.74) is 0. The van der Waals surface area contributed by atoms with Crippen molar-refractivity contribution in [3.05, 3.63) is 0 Å². The minimum Gasteiger partial charge on any atom is -0.765 e. The Bertz CT molecular complexity index is 8.00. The van der Waals surface area contributed by atoms with E-state index >= 15 is 0 Å². The molecule has 0 aromatic carbocycles. The second-order valence-corrected chi connectivity index (χ2v) is 0.387. The first-order valence-corrected chi connectivity index (χ1v) is 1.18. The van der Waals surface area contributed by atoms with Crippen LogP contribution in [0.3, 0.4) is 0 Å². The van der Waals surface area contributed by atoms with E-state index in [1.165, 1.54) is 0 Å². The van der Waals surface area contributed by atoms with Crippen LogP contribution in [0.4, 0.5) is 0 Å². The summed E-state index contributed by atoms with van der Waals surface area (Å²) in [4.78, 5) is 0. The molecule has 20 valence electrons. The predicted octanol–water partition coefficient (Wildman–Crippen LogP) is -3.51. The maximum Gasteiger partial charge on any atom is 1.00 e. The zero-order valence-electron chi connectivity index (χ0n) is 2.56. The van der Waals surface area contributed by atoms with Crippen molar-refractivity contribution in [3.63, 3.8) is 0 Å². The Morgan fingerprint density at radius 3 is 1.75 bits per heavy atom. The van der Waals surface area contributed by atoms with Gasteiger partial charge in [-0.2, -0.15) is 0 Å². The molecule has 0 radical (unpaired) electrons. The van der Waals surface area contributed by atoms with E-state index < -0.39 is 0 Å². The van der Waals surface area contributed by atoms with Gasteiger partial charge in [-0.1, -0.05) is 5.94 Å². The van der Waals surface area contributed by atoms with Gasteiger partial charge in [-0.25, -0.2) is 0 Å². The molecule has 0 aromatic rings. The van der Waals surface area contributed by atoms with Crippen LogP contribution in [-0.4, -0.2) is 11.0 Å². The summed E-state index contributed by atoms with van der Waals surface area (Å²) < 4.78 is 0. The zero-order chi connectivity index (χ0) is 2.71. The summed E-state index contributed by atoms with van der Waals surface area (Å²) in [5, 5.41) is 7.38. The average molecular weight is 86.1 g/mol. The normalized spacial score (nSPS) is 4.50. The van der Waals surface area contributed by atoms with E-state index in [2.05, 4.69) is 12.6 Å². The molecule has 4 heavy (non-hydrogen) atoms. The summed E-state index contributed by atoms with van der Waals surface area (Å²) in [6.45, 7) is 0. The smallest absolute Gasteiger partial charge is 0.765 e. The number of hydrogen-bond acceptors (Lipinski definition) is 2. The molecule has 0 rings (SSSR count). The number of aliphatic hydroxyl groups excluding tert-OH is 1. The Kier molecular flexibility index (Phi) is 19.9. The average Bonchev–Trinajstić information content (AvgIpc) is 0.918. The molecular weight excluding hydrogens is 83.1 g/mol. The number of aliphatic hydroxyl groups is 1. The monoisotopic (exact) mass is 86.0 g/mol. The van der Waals surface area contributed by atoms with Crippen molar-refractivity contribution in [1.82, 2.24) is 0 Å². The predicted molar refractivity (Wildman–Crippen MR) is 14.5 cm³/mol. The molecule has 1 nitrogen and oxygen atoms in total. The van der Waals surface area contributed by atoms with Crippen molar-refractivity contribution in [3.8, 4) is 0 Å². The maximum atomic E-state index is 7.38. The molecule has 1 N–H and O–H groups in total. The van der Waals surface area contributed by atoms with Crippen LogP contribution in [-0.2, 0) is 12.6 Å². The molecule has 0 unspecified atom stereocenters. The summed E-state index contributed by atoms with van der Waals surface area (Å²) in [6, 6.07) is 0. The van der Waals surface area contributed by atoms with E-state index in [1.54, 1.807) is 0 Å². The fraction of sp³-hybridized carbons (Fsp3) is 1.00. The van der Waals surface area contributed by atoms with E-state index in [9.17, 15) is 0 Å². The third-order valence-electron chi connectivity index (χ3n) is 0. The van der Waals surface area contributed by atoms with Gasteiger partial charge < -0.3 is 17.7 Å². The van der Waals surface area contributed by atoms with Gasteiger partial charge in [-0.15, -0.1) is 0 Å². The third kappa shape index (κ3) is 10.3. The Hall–Kier alpha value is 1.31. The quantitative estimate of drug-likeness (QED) is 0.244. The van der Waals surface area contributed by atoms with Crippen molar-refractivity contribution in [2.24, 2.45) is 0 Å². The van der Waals surface area contributed by atoms with E-state index in [0.717, 1.165) is 0 Å². The maximum absolute atomic E-state index is 7.38. The van der Waals surface area contributed by atoms with E-state index in [1.807, 2.05) is 0 Å². The van der Waals surface area contributed by atoms with E-state index in [4.69, 9.17) is 5.11 Å². The van der Waals surface area contributed by atoms with Crippen LogP contribution >= 0.6 is 0 Å². The summed E-state index contributed by atoms with van der Waals surface area (Å²) in [5.74, 6) is -0.167. The summed E-state index contributed by atoms with van der Waals surface area (Å²) >= 11 is 3.95. The van der Waals surface area contributed by atoms with Crippen LogP contribution in [0, 0.1) is 0 Å². The molecule has 0 aliphatic carbocycles. The minimum absolute atomic E-state index is 0. The molecule has 0 aromatic heterocycles. The number of hydrogen-bond donors (Lipinski definition) is 1. The van der Waals surface area contributed by atoms with Gasteiger partial charge in [0.05, 0.1) is 0 Å². The van der Waals surface area contributed by atoms with Crippen molar-refractivity contribution in [2.45, 2.75) is 0 Å². The van der Waals surface area contributed by atoms with Crippen molar-refractivity contribution in [1.29, 1.82) is 0 Å². The van der Waals surface area contributed by atoms with Crippen LogP contribution in [0.15, 0.2) is 0 Å². The summed E-state index contributed by atoms with van der Waals surface area (Å²) in [6.07, 6.45) is 0. The molecule has 0 atom stereocenters. The first kappa shape index (κ1) is 9.00. The Morgan fingerprint density at radius 1 is 1.75 bits per heavy atom. The molecule has 0 spiro atoms. The molecule has 0 saturated heterocycles. The van der Waals surface area contributed by atoms with Gasteiger partial charge in [0.25, 0.3) is 0 Å². The van der Waals surface area contributed by atoms with Crippen molar-refractivity contribution >= 4 is 12.6 Å². The molecule has 0 saturated carbocycles. The van der Waals surface area contributed by atoms with Crippen LogP contribution in [0.1, 0.15) is 0 Å². The van der Waals surface area contributed by atoms with Gasteiger partial charge in [-0.3, -0.25) is 0 Å². The minimum atomic E-state index is -0.167. The Morgan fingerprint density at radius 2 is 1.75 bits per heavy atom. The molecular formula is CH3NaOS. The van der Waals surface area contributed by atoms with Crippen molar-refractivity contribution in [2.75, 3.05) is 5.94 Å². The first-order valence-electron chi connectivity index (χ1n) is 0.605. The molecule has 0 aliphatic heterocycles. The fourth-order valence-electron chi connectivity index (χ4n) is 0. The molecule has 0 aliphatic rings. The van der Waals surface area contributed by atoms with Gasteiger partial charge in [-0.05, 0) is 0 Å². The van der Waals surface area contributed by atoms with Gasteiger partial charge in [0.1, 0.15) is 0 Å². The first-order chi connectivity index (χ1) is 1.41. The van der Waals surface area contributed by atoms with Gasteiger partial charge >= 0.3 is 29.6 Å². The van der Waals surface area contributed by atoms with E-state index in [-0.39, 0.29) is 35.5 Å². The molecule has 3 heteroatoms. The van der Waals surface area contributed by atoms with Crippen LogP contribution in [0.2, 0.25) is 0 Å². The topological polar surface area (TPSA) is 20.2 Å². The standard InChI is InChI=1S/CH4OS.Na/c2-1-3;/h2-3H,1H2;/q;+1/p-1. The van der Waals surface area contributed by atoms with Gasteiger partial charge in [0.15, 0.2) is 0 Å². The third-order valence-corrected chi connectivity index (χ3v) is 0. The Labute approximate surface area is 53.1 Å². The zero-order valence-corrected chi connectivity index (χ0v) is 5.38. The van der Waals surface area contributed by atoms with Gasteiger partial charge in [0, 0.05) is 0 Å². The second-order valence-electron chi connectivity index (χ2n) is 0.129. The molecule has 0 fully saturated rings. The van der Waals surface area contributed by atoms with Crippen molar-refractivity contribution < 1.29 is 34.7 Å². The van der Waals surface area contributed by atoms with Crippen LogP contribution in [0.25, 0.3) is 0 Å². The van der Waals surface area contributed by atoms with Gasteiger partial charge in [0.2, 0.25) is 0 Å². The second kappa shape index (κ2) is 8.85. The molecule has 0 heterocycles. The van der Waals surface area contributed by atoms with E-state index in [0.29, 0.717) is 0 Å². The number of rotatable bonds is 0. The largest absolute Gasteiger partial charge is 1.00 e.